The van der Waals surface area contributed by atoms with E-state index < -0.39 is 10.0 Å². The molecule has 1 atom stereocenters. The number of amides is 2. The Morgan fingerprint density at radius 2 is 1.76 bits per heavy atom. The zero-order valence-corrected chi connectivity index (χ0v) is 20.7. The molecule has 2 aromatic rings. The molecule has 1 saturated heterocycles. The second kappa shape index (κ2) is 10.3. The van der Waals surface area contributed by atoms with E-state index >= 15 is 0 Å². The number of hydrogen-bond donors (Lipinski definition) is 1. The van der Waals surface area contributed by atoms with Gasteiger partial charge in [-0.05, 0) is 60.9 Å². The molecular weight excluding hydrogens is 450 g/mol. The molecule has 0 unspecified atom stereocenters. The topological polar surface area (TPSA) is 86.8 Å². The van der Waals surface area contributed by atoms with Crippen LogP contribution in [0.25, 0.3) is 0 Å². The zero-order chi connectivity index (χ0) is 24.3. The molecule has 0 spiro atoms. The van der Waals surface area contributed by atoms with Gasteiger partial charge < -0.3 is 10.2 Å². The van der Waals surface area contributed by atoms with Crippen LogP contribution in [0.4, 0.5) is 5.69 Å². The van der Waals surface area contributed by atoms with E-state index in [4.69, 9.17) is 0 Å². The first-order valence-corrected chi connectivity index (χ1v) is 13.4. The summed E-state index contributed by atoms with van der Waals surface area (Å²) in [6.45, 7) is 5.49. The van der Waals surface area contributed by atoms with Gasteiger partial charge in [0.1, 0.15) is 0 Å². The predicted molar refractivity (Wildman–Crippen MR) is 132 cm³/mol. The van der Waals surface area contributed by atoms with Crippen LogP contribution in [0.1, 0.15) is 50.2 Å². The number of anilines is 1. The number of carbonyl (C=O) groups is 2. The largest absolute Gasteiger partial charge is 0.355 e. The molecule has 8 heteroatoms. The van der Waals surface area contributed by atoms with Crippen LogP contribution in [0, 0.1) is 5.92 Å². The van der Waals surface area contributed by atoms with Crippen LogP contribution in [-0.2, 0) is 26.0 Å². The normalized spacial score (nSPS) is 18.2. The Kier molecular flexibility index (Phi) is 7.38. The highest BCUT2D eigenvalue weighted by Gasteiger charge is 2.33. The van der Waals surface area contributed by atoms with Crippen molar-refractivity contribution in [2.45, 2.75) is 50.3 Å². The summed E-state index contributed by atoms with van der Waals surface area (Å²) in [6, 6.07) is 15.1. The van der Waals surface area contributed by atoms with E-state index in [0.717, 1.165) is 24.1 Å². The minimum Gasteiger partial charge on any atom is -0.355 e. The number of carbonyl (C=O) groups excluding carboxylic acids is 2. The monoisotopic (exact) mass is 483 g/mol. The van der Waals surface area contributed by atoms with E-state index in [2.05, 4.69) is 24.4 Å². The van der Waals surface area contributed by atoms with E-state index in [1.807, 2.05) is 18.2 Å². The summed E-state index contributed by atoms with van der Waals surface area (Å²) in [6.07, 6.45) is 2.59. The number of hydrogen-bond acceptors (Lipinski definition) is 4. The van der Waals surface area contributed by atoms with Crippen molar-refractivity contribution in [3.8, 4) is 0 Å². The Hall–Kier alpha value is -2.71. The second-order valence-corrected chi connectivity index (χ2v) is 11.2. The summed E-state index contributed by atoms with van der Waals surface area (Å²) in [5.74, 6) is 0.00337. The lowest BCUT2D eigenvalue weighted by Gasteiger charge is -2.32. The first-order chi connectivity index (χ1) is 16.3. The number of benzene rings is 2. The number of nitrogens with zero attached hydrogens (tertiary/aromatic N) is 2. The number of aryl methyl sites for hydroxylation is 1. The number of rotatable bonds is 6. The van der Waals surface area contributed by atoms with Gasteiger partial charge in [-0.2, -0.15) is 4.31 Å². The molecule has 0 radical (unpaired) electrons. The van der Waals surface area contributed by atoms with Crippen molar-refractivity contribution in [1.82, 2.24) is 9.62 Å². The maximum atomic E-state index is 13.3. The third-order valence-corrected chi connectivity index (χ3v) is 8.86. The molecule has 1 fully saturated rings. The van der Waals surface area contributed by atoms with E-state index in [0.29, 0.717) is 39.0 Å². The summed E-state index contributed by atoms with van der Waals surface area (Å²) in [5.41, 5.74) is 2.88. The van der Waals surface area contributed by atoms with E-state index in [1.54, 1.807) is 23.1 Å². The summed E-state index contributed by atoms with van der Waals surface area (Å²) in [7, 11) is -3.65. The standard InChI is InChI=1S/C26H33N3O4S/c1-19(21-7-4-3-5-8-21)18-27-26(31)22-12-15-28(16-13-22)34(32,33)24-10-11-25-23(17-24)9-6-14-29(25)20(2)30/h3-5,7-8,10-11,17,19,22H,6,9,12-16,18H2,1-2H3,(H,27,31)/t19-/m1/s1. The predicted octanol–water partition coefficient (Wildman–Crippen LogP) is 3.31. The Morgan fingerprint density at radius 3 is 2.44 bits per heavy atom. The van der Waals surface area contributed by atoms with Crippen molar-refractivity contribution < 1.29 is 18.0 Å². The molecule has 7 nitrogen and oxygen atoms in total. The van der Waals surface area contributed by atoms with Gasteiger partial charge in [0.05, 0.1) is 4.90 Å². The maximum absolute atomic E-state index is 13.3. The van der Waals surface area contributed by atoms with Gasteiger partial charge in [0.2, 0.25) is 21.8 Å². The highest BCUT2D eigenvalue weighted by molar-refractivity contribution is 7.89. The minimum absolute atomic E-state index is 0.00191. The first-order valence-electron chi connectivity index (χ1n) is 12.0. The van der Waals surface area contributed by atoms with Gasteiger partial charge in [-0.15, -0.1) is 0 Å². The molecule has 1 N–H and O–H groups in total. The van der Waals surface area contributed by atoms with Crippen LogP contribution < -0.4 is 10.2 Å². The third kappa shape index (κ3) is 5.18. The second-order valence-electron chi connectivity index (χ2n) is 9.30. The fourth-order valence-corrected chi connectivity index (χ4v) is 6.39. The molecule has 2 aromatic carbocycles. The average molecular weight is 484 g/mol. The highest BCUT2D eigenvalue weighted by Crippen LogP contribution is 2.31. The van der Waals surface area contributed by atoms with Gasteiger partial charge in [-0.1, -0.05) is 37.3 Å². The summed E-state index contributed by atoms with van der Waals surface area (Å²) < 4.78 is 28.0. The fourth-order valence-electron chi connectivity index (χ4n) is 4.87. The van der Waals surface area contributed by atoms with Gasteiger partial charge in [0, 0.05) is 44.7 Å². The quantitative estimate of drug-likeness (QED) is 0.683. The van der Waals surface area contributed by atoms with Crippen molar-refractivity contribution in [2.75, 3.05) is 31.1 Å². The lowest BCUT2D eigenvalue weighted by Crippen LogP contribution is -2.43. The minimum atomic E-state index is -3.65. The Labute approximate surface area is 202 Å². The van der Waals surface area contributed by atoms with Crippen molar-refractivity contribution in [3.05, 3.63) is 59.7 Å². The molecule has 4 rings (SSSR count). The highest BCUT2D eigenvalue weighted by atomic mass is 32.2. The van der Waals surface area contributed by atoms with Crippen LogP contribution in [0.15, 0.2) is 53.4 Å². The maximum Gasteiger partial charge on any atom is 0.243 e. The average Bonchev–Trinajstić information content (AvgIpc) is 2.86. The van der Waals surface area contributed by atoms with Crippen molar-refractivity contribution >= 4 is 27.5 Å². The van der Waals surface area contributed by atoms with Gasteiger partial charge in [0.25, 0.3) is 0 Å². The number of piperidine rings is 1. The molecule has 2 aliphatic heterocycles. The van der Waals surface area contributed by atoms with E-state index in [9.17, 15) is 18.0 Å². The SMILES string of the molecule is CC(=O)N1CCCc2cc(S(=O)(=O)N3CCC(C(=O)NC[C@@H](C)c4ccccc4)CC3)ccc21. The summed E-state index contributed by atoms with van der Waals surface area (Å²) >= 11 is 0. The summed E-state index contributed by atoms with van der Waals surface area (Å²) in [4.78, 5) is 26.6. The van der Waals surface area contributed by atoms with Crippen LogP contribution in [0.2, 0.25) is 0 Å². The van der Waals surface area contributed by atoms with E-state index in [1.165, 1.54) is 16.8 Å². The molecule has 182 valence electrons. The molecule has 34 heavy (non-hydrogen) atoms. The smallest absolute Gasteiger partial charge is 0.243 e. The lowest BCUT2D eigenvalue weighted by atomic mass is 9.96. The number of fused-ring (bicyclic) bond motifs is 1. The van der Waals surface area contributed by atoms with Gasteiger partial charge in [-0.3, -0.25) is 9.59 Å². The van der Waals surface area contributed by atoms with Gasteiger partial charge >= 0.3 is 0 Å². The summed E-state index contributed by atoms with van der Waals surface area (Å²) in [5, 5.41) is 3.04. The third-order valence-electron chi connectivity index (χ3n) is 6.96. The van der Waals surface area contributed by atoms with Gasteiger partial charge in [-0.25, -0.2) is 8.42 Å². The van der Waals surface area contributed by atoms with Crippen LogP contribution >= 0.6 is 0 Å². The Balaban J connectivity index is 1.35. The van der Waals surface area contributed by atoms with Gasteiger partial charge in [0.15, 0.2) is 0 Å². The van der Waals surface area contributed by atoms with Crippen molar-refractivity contribution in [1.29, 1.82) is 0 Å². The molecule has 0 bridgehead atoms. The zero-order valence-electron chi connectivity index (χ0n) is 19.9. The molecule has 2 heterocycles. The van der Waals surface area contributed by atoms with Crippen LogP contribution in [0.3, 0.4) is 0 Å². The van der Waals surface area contributed by atoms with Crippen LogP contribution in [-0.4, -0.2) is 50.7 Å². The molecular formula is C26H33N3O4S. The molecule has 0 aromatic heterocycles. The van der Waals surface area contributed by atoms with E-state index in [-0.39, 0.29) is 28.5 Å². The fraction of sp³-hybridized carbons (Fsp3) is 0.462. The molecule has 0 aliphatic carbocycles. The van der Waals surface area contributed by atoms with Crippen molar-refractivity contribution in [2.24, 2.45) is 5.92 Å². The van der Waals surface area contributed by atoms with Crippen molar-refractivity contribution in [3.63, 3.8) is 0 Å². The first kappa shape index (κ1) is 24.4. The number of sulfonamides is 1. The molecule has 0 saturated carbocycles. The Morgan fingerprint density at radius 1 is 1.06 bits per heavy atom. The van der Waals surface area contributed by atoms with Crippen LogP contribution in [0.5, 0.6) is 0 Å². The Bertz CT molecular complexity index is 1140. The number of nitrogens with one attached hydrogen (secondary N) is 1. The molecule has 2 amide bonds. The lowest BCUT2D eigenvalue weighted by molar-refractivity contribution is -0.126. The molecule has 2 aliphatic rings.